The van der Waals surface area contributed by atoms with E-state index in [2.05, 4.69) is 0 Å². The predicted molar refractivity (Wildman–Crippen MR) is 33.9 cm³/mol. The average molecular weight is 150 g/mol. The van der Waals surface area contributed by atoms with Crippen LogP contribution in [0.25, 0.3) is 0 Å². The van der Waals surface area contributed by atoms with Gasteiger partial charge in [-0.15, -0.1) is 0 Å². The number of hydrogen-bond acceptors (Lipinski definition) is 3. The molecule has 1 aliphatic rings. The summed E-state index contributed by atoms with van der Waals surface area (Å²) < 4.78 is 20.0. The van der Waals surface area contributed by atoms with E-state index in [1.54, 1.807) is 0 Å². The third kappa shape index (κ3) is 2.93. The van der Waals surface area contributed by atoms with E-state index in [4.69, 9.17) is 8.37 Å². The maximum atomic E-state index is 10.5. The molecule has 0 atom stereocenters. The molecule has 0 aromatic heterocycles. The first-order chi connectivity index (χ1) is 4.39. The molecule has 0 aromatic rings. The van der Waals surface area contributed by atoms with E-state index in [1.807, 2.05) is 0 Å². The van der Waals surface area contributed by atoms with Crippen molar-refractivity contribution < 1.29 is 12.6 Å². The fraction of sp³-hybridized carbons (Fsp3) is 1.00. The minimum Gasteiger partial charge on any atom is -0.268 e. The van der Waals surface area contributed by atoms with Crippen LogP contribution in [-0.2, 0) is 19.7 Å². The van der Waals surface area contributed by atoms with Crippen molar-refractivity contribution in [1.82, 2.24) is 0 Å². The molecule has 0 unspecified atom stereocenters. The van der Waals surface area contributed by atoms with Crippen LogP contribution in [0, 0.1) is 0 Å². The Labute approximate surface area is 57.2 Å². The highest BCUT2D eigenvalue weighted by Gasteiger charge is 2.03. The number of hydrogen-bond donors (Lipinski definition) is 0. The molecule has 0 saturated carbocycles. The van der Waals surface area contributed by atoms with Gasteiger partial charge < -0.3 is 0 Å². The van der Waals surface area contributed by atoms with Crippen molar-refractivity contribution in [3.63, 3.8) is 0 Å². The van der Waals surface area contributed by atoms with E-state index >= 15 is 0 Å². The normalized spacial score (nSPS) is 24.9. The van der Waals surface area contributed by atoms with Crippen LogP contribution in [0.4, 0.5) is 0 Å². The summed E-state index contributed by atoms with van der Waals surface area (Å²) in [4.78, 5) is 0. The smallest absolute Gasteiger partial charge is 0.268 e. The average Bonchev–Trinajstić information content (AvgIpc) is 1.79. The van der Waals surface area contributed by atoms with Gasteiger partial charge in [-0.05, 0) is 19.3 Å². The van der Waals surface area contributed by atoms with Crippen molar-refractivity contribution in [3.05, 3.63) is 0 Å². The molecule has 0 aliphatic carbocycles. The maximum absolute atomic E-state index is 10.5. The Morgan fingerprint density at radius 3 is 2.11 bits per heavy atom. The van der Waals surface area contributed by atoms with Gasteiger partial charge in [0.2, 0.25) is 0 Å². The minimum absolute atomic E-state index is 0.562. The van der Waals surface area contributed by atoms with Gasteiger partial charge >= 0.3 is 11.4 Å². The Balaban J connectivity index is 2.20. The molecular weight excluding hydrogens is 140 g/mol. The molecule has 1 aliphatic heterocycles. The molecule has 0 radical (unpaired) electrons. The molecular formula is C5H10O3S. The Morgan fingerprint density at radius 2 is 1.56 bits per heavy atom. The molecule has 0 N–H and O–H groups in total. The van der Waals surface area contributed by atoms with Crippen LogP contribution in [0.2, 0.25) is 0 Å². The molecule has 1 saturated heterocycles. The molecule has 1 heterocycles. The largest absolute Gasteiger partial charge is 0.304 e. The third-order valence-corrected chi connectivity index (χ3v) is 1.87. The molecule has 0 aromatic carbocycles. The molecule has 0 spiro atoms. The standard InChI is InChI=1S/C5H10O3S/c6-9-7-4-2-1-3-5-8-9/h1-5H2. The van der Waals surface area contributed by atoms with Crippen LogP contribution in [0.3, 0.4) is 0 Å². The second-order valence-electron chi connectivity index (χ2n) is 1.91. The third-order valence-electron chi connectivity index (χ3n) is 1.15. The van der Waals surface area contributed by atoms with Crippen LogP contribution in [-0.4, -0.2) is 17.4 Å². The number of rotatable bonds is 0. The Bertz CT molecular complexity index is 94.4. The Kier molecular flexibility index (Phi) is 3.17. The van der Waals surface area contributed by atoms with Crippen LogP contribution in [0.5, 0.6) is 0 Å². The van der Waals surface area contributed by atoms with E-state index in [1.165, 1.54) is 0 Å². The minimum atomic E-state index is -1.47. The summed E-state index contributed by atoms with van der Waals surface area (Å²) >= 11 is -1.47. The topological polar surface area (TPSA) is 35.5 Å². The van der Waals surface area contributed by atoms with Gasteiger partial charge in [0.25, 0.3) is 0 Å². The van der Waals surface area contributed by atoms with Crippen molar-refractivity contribution in [3.8, 4) is 0 Å². The first-order valence-electron chi connectivity index (χ1n) is 3.08. The first-order valence-corrected chi connectivity index (χ1v) is 4.08. The molecule has 4 heteroatoms. The highest BCUT2D eigenvalue weighted by atomic mass is 32.2. The van der Waals surface area contributed by atoms with Crippen molar-refractivity contribution in [2.75, 3.05) is 13.2 Å². The summed E-state index contributed by atoms with van der Waals surface area (Å²) in [5, 5.41) is 0. The van der Waals surface area contributed by atoms with E-state index in [-0.39, 0.29) is 0 Å². The van der Waals surface area contributed by atoms with Gasteiger partial charge in [-0.3, -0.25) is 8.37 Å². The molecule has 0 bridgehead atoms. The monoisotopic (exact) mass is 150 g/mol. The Hall–Kier alpha value is 0.0700. The predicted octanol–water partition coefficient (Wildman–Crippen LogP) is 0.782. The lowest BCUT2D eigenvalue weighted by Gasteiger charge is -2.07. The van der Waals surface area contributed by atoms with Gasteiger partial charge in [-0.1, -0.05) is 0 Å². The van der Waals surface area contributed by atoms with E-state index in [9.17, 15) is 4.21 Å². The summed E-state index contributed by atoms with van der Waals surface area (Å²) in [6, 6.07) is 0. The zero-order chi connectivity index (χ0) is 6.53. The molecule has 1 rings (SSSR count). The van der Waals surface area contributed by atoms with Gasteiger partial charge in [0.15, 0.2) is 0 Å². The van der Waals surface area contributed by atoms with E-state index in [0.717, 1.165) is 19.3 Å². The fourth-order valence-corrected chi connectivity index (χ4v) is 1.24. The first kappa shape index (κ1) is 7.18. The quantitative estimate of drug-likeness (QED) is 0.512. The fourth-order valence-electron chi connectivity index (χ4n) is 0.669. The molecule has 3 nitrogen and oxygen atoms in total. The summed E-state index contributed by atoms with van der Waals surface area (Å²) in [6.45, 7) is 1.12. The Morgan fingerprint density at radius 1 is 1.00 bits per heavy atom. The SMILES string of the molecule is O=S1OCCCCCO1. The lowest BCUT2D eigenvalue weighted by atomic mass is 10.2. The second kappa shape index (κ2) is 3.98. The van der Waals surface area contributed by atoms with E-state index in [0.29, 0.717) is 13.2 Å². The molecule has 1 fully saturated rings. The van der Waals surface area contributed by atoms with Crippen molar-refractivity contribution in [2.24, 2.45) is 0 Å². The second-order valence-corrected chi connectivity index (χ2v) is 2.79. The summed E-state index contributed by atoms with van der Waals surface area (Å²) in [7, 11) is 0. The van der Waals surface area contributed by atoms with Gasteiger partial charge in [-0.2, -0.15) is 4.21 Å². The summed E-state index contributed by atoms with van der Waals surface area (Å²) in [5.74, 6) is 0. The zero-order valence-electron chi connectivity index (χ0n) is 5.17. The van der Waals surface area contributed by atoms with E-state index < -0.39 is 11.4 Å². The van der Waals surface area contributed by atoms with Crippen LogP contribution in [0.15, 0.2) is 0 Å². The van der Waals surface area contributed by atoms with Crippen molar-refractivity contribution in [1.29, 1.82) is 0 Å². The molecule has 9 heavy (non-hydrogen) atoms. The van der Waals surface area contributed by atoms with Gasteiger partial charge in [-0.25, -0.2) is 0 Å². The van der Waals surface area contributed by atoms with Crippen molar-refractivity contribution >= 4 is 11.4 Å². The van der Waals surface area contributed by atoms with Gasteiger partial charge in [0.1, 0.15) is 0 Å². The van der Waals surface area contributed by atoms with Crippen LogP contribution in [0.1, 0.15) is 19.3 Å². The highest BCUT2D eigenvalue weighted by molar-refractivity contribution is 7.75. The van der Waals surface area contributed by atoms with Crippen molar-refractivity contribution in [2.45, 2.75) is 19.3 Å². The molecule has 54 valence electrons. The summed E-state index contributed by atoms with van der Waals surface area (Å²) in [5.41, 5.74) is 0. The molecule has 0 amide bonds. The zero-order valence-corrected chi connectivity index (χ0v) is 5.99. The van der Waals surface area contributed by atoms with Crippen LogP contribution < -0.4 is 0 Å². The maximum Gasteiger partial charge on any atom is 0.304 e. The summed E-state index contributed by atoms with van der Waals surface area (Å²) in [6.07, 6.45) is 3.10. The van der Waals surface area contributed by atoms with Gasteiger partial charge in [0, 0.05) is 0 Å². The highest BCUT2D eigenvalue weighted by Crippen LogP contribution is 2.03. The lowest BCUT2D eigenvalue weighted by Crippen LogP contribution is -2.08. The van der Waals surface area contributed by atoms with Gasteiger partial charge in [0.05, 0.1) is 13.2 Å². The van der Waals surface area contributed by atoms with Crippen LogP contribution >= 0.6 is 0 Å². The lowest BCUT2D eigenvalue weighted by molar-refractivity contribution is 0.219.